The molecule has 8 nitrogen and oxygen atoms in total. The van der Waals surface area contributed by atoms with Crippen molar-refractivity contribution in [3.63, 3.8) is 0 Å². The van der Waals surface area contributed by atoms with Gasteiger partial charge in [0.2, 0.25) is 10.0 Å². The maximum atomic E-state index is 13.5. The molecule has 0 unspecified atom stereocenters. The van der Waals surface area contributed by atoms with E-state index in [9.17, 15) is 21.6 Å². The lowest BCUT2D eigenvalue weighted by atomic mass is 9.94. The number of hydrazine groups is 3. The van der Waals surface area contributed by atoms with Gasteiger partial charge in [0.05, 0.1) is 5.56 Å². The summed E-state index contributed by atoms with van der Waals surface area (Å²) in [4.78, 5) is -0.989. The number of hydrogen-bond acceptors (Lipinski definition) is 7. The third-order valence-electron chi connectivity index (χ3n) is 4.24. The summed E-state index contributed by atoms with van der Waals surface area (Å²) < 4.78 is 65.0. The van der Waals surface area contributed by atoms with Gasteiger partial charge in [0.15, 0.2) is 0 Å². The van der Waals surface area contributed by atoms with Crippen molar-refractivity contribution in [3.8, 4) is 11.1 Å². The lowest BCUT2D eigenvalue weighted by Crippen LogP contribution is -2.33. The minimum Gasteiger partial charge on any atom is -0.330 e. The first-order valence-corrected chi connectivity index (χ1v) is 9.75. The van der Waals surface area contributed by atoms with Gasteiger partial charge in [-0.1, -0.05) is 30.3 Å². The molecule has 0 saturated carbocycles. The molecule has 0 spiro atoms. The molecule has 1 heterocycles. The summed E-state index contributed by atoms with van der Waals surface area (Å²) in [5.41, 5.74) is 16.0. The molecular formula is C16H19F3N6O2S. The summed E-state index contributed by atoms with van der Waals surface area (Å²) >= 11 is 0. The molecule has 1 fully saturated rings. The average Bonchev–Trinajstić information content (AvgIpc) is 3.14. The van der Waals surface area contributed by atoms with Crippen molar-refractivity contribution < 1.29 is 21.6 Å². The van der Waals surface area contributed by atoms with Crippen molar-refractivity contribution in [1.82, 2.24) is 21.9 Å². The Hall–Kier alpha value is -2.06. The van der Waals surface area contributed by atoms with E-state index < -0.39 is 32.8 Å². The monoisotopic (exact) mass is 416 g/mol. The Bertz CT molecular complexity index is 975. The molecule has 12 heteroatoms. The van der Waals surface area contributed by atoms with Crippen LogP contribution in [-0.2, 0) is 22.6 Å². The minimum absolute atomic E-state index is 0.153. The van der Waals surface area contributed by atoms with Crippen molar-refractivity contribution >= 4 is 10.0 Å². The number of halogens is 3. The fourth-order valence-electron chi connectivity index (χ4n) is 3.13. The normalized spacial score (nSPS) is 15.9. The number of benzene rings is 2. The summed E-state index contributed by atoms with van der Waals surface area (Å²) in [6.45, 7) is 0.394. The highest BCUT2D eigenvalue weighted by Crippen LogP contribution is 2.41. The molecule has 152 valence electrons. The van der Waals surface area contributed by atoms with Crippen LogP contribution in [0.1, 0.15) is 22.9 Å². The highest BCUT2D eigenvalue weighted by atomic mass is 32.2. The number of primary sulfonamides is 1. The molecule has 3 rings (SSSR count). The van der Waals surface area contributed by atoms with Crippen molar-refractivity contribution in [3.05, 3.63) is 53.1 Å². The zero-order chi connectivity index (χ0) is 20.5. The molecule has 0 atom stereocenters. The van der Waals surface area contributed by atoms with Gasteiger partial charge in [0, 0.05) is 5.56 Å². The van der Waals surface area contributed by atoms with Gasteiger partial charge >= 0.3 is 6.18 Å². The first kappa shape index (κ1) is 20.7. The van der Waals surface area contributed by atoms with Crippen LogP contribution in [0.2, 0.25) is 0 Å². The number of rotatable bonds is 5. The second kappa shape index (κ2) is 7.75. The number of sulfonamides is 1. The van der Waals surface area contributed by atoms with E-state index in [1.165, 1.54) is 6.07 Å². The first-order chi connectivity index (χ1) is 13.1. The highest BCUT2D eigenvalue weighted by molar-refractivity contribution is 7.89. The maximum absolute atomic E-state index is 13.5. The van der Waals surface area contributed by atoms with Gasteiger partial charge in [-0.3, -0.25) is 0 Å². The van der Waals surface area contributed by atoms with E-state index in [1.807, 2.05) is 6.07 Å². The Morgan fingerprint density at radius 1 is 1.07 bits per heavy atom. The van der Waals surface area contributed by atoms with Crippen LogP contribution in [0.15, 0.2) is 41.3 Å². The molecule has 0 radical (unpaired) electrons. The maximum Gasteiger partial charge on any atom is 0.417 e. The lowest BCUT2D eigenvalue weighted by molar-refractivity contribution is -0.140. The number of alkyl halides is 3. The van der Waals surface area contributed by atoms with Gasteiger partial charge in [0.25, 0.3) is 0 Å². The molecule has 2 aromatic carbocycles. The third kappa shape index (κ3) is 4.17. The molecule has 0 amide bonds. The van der Waals surface area contributed by atoms with Crippen LogP contribution >= 0.6 is 0 Å². The van der Waals surface area contributed by atoms with Gasteiger partial charge in [-0.25, -0.2) is 24.4 Å². The van der Waals surface area contributed by atoms with E-state index in [4.69, 9.17) is 10.9 Å². The van der Waals surface area contributed by atoms with E-state index in [2.05, 4.69) is 21.9 Å². The molecule has 8 N–H and O–H groups in total. The third-order valence-corrected chi connectivity index (χ3v) is 5.25. The van der Waals surface area contributed by atoms with Crippen LogP contribution in [0.25, 0.3) is 11.1 Å². The Kier molecular flexibility index (Phi) is 5.72. The van der Waals surface area contributed by atoms with Gasteiger partial charge in [0.1, 0.15) is 11.1 Å². The largest absolute Gasteiger partial charge is 0.417 e. The SMILES string of the molecule is NCCc1cccc(-c2ccc(C(F)(F)F)c(S(N)(=O)=O)c2C2NNNN2)c1. The van der Waals surface area contributed by atoms with Crippen molar-refractivity contribution in [2.24, 2.45) is 10.9 Å². The lowest BCUT2D eigenvalue weighted by Gasteiger charge is -2.22. The smallest absolute Gasteiger partial charge is 0.330 e. The quantitative estimate of drug-likeness (QED) is 0.421. The van der Waals surface area contributed by atoms with Gasteiger partial charge in [-0.15, -0.1) is 0 Å². The van der Waals surface area contributed by atoms with Crippen molar-refractivity contribution in [2.45, 2.75) is 23.7 Å². The minimum atomic E-state index is -4.91. The molecule has 1 aliphatic rings. The average molecular weight is 416 g/mol. The molecule has 0 aromatic heterocycles. The van der Waals surface area contributed by atoms with Crippen molar-refractivity contribution in [1.29, 1.82) is 0 Å². The Labute approximate surface area is 159 Å². The Morgan fingerprint density at radius 2 is 1.75 bits per heavy atom. The Morgan fingerprint density at radius 3 is 2.32 bits per heavy atom. The summed E-state index contributed by atoms with van der Waals surface area (Å²) in [6.07, 6.45) is -5.34. The number of nitrogens with one attached hydrogen (secondary N) is 4. The molecule has 28 heavy (non-hydrogen) atoms. The predicted octanol–water partition coefficient (Wildman–Crippen LogP) is 0.637. The Balaban J connectivity index is 2.33. The van der Waals surface area contributed by atoms with Crippen LogP contribution in [-0.4, -0.2) is 15.0 Å². The summed E-state index contributed by atoms with van der Waals surface area (Å²) in [5, 5.41) is 5.21. The van der Waals surface area contributed by atoms with Crippen LogP contribution in [0.5, 0.6) is 0 Å². The first-order valence-electron chi connectivity index (χ1n) is 8.20. The fourth-order valence-corrected chi connectivity index (χ4v) is 4.15. The molecule has 0 aliphatic carbocycles. The fraction of sp³-hybridized carbons (Fsp3) is 0.250. The van der Waals surface area contributed by atoms with Gasteiger partial charge in [-0.2, -0.15) is 24.2 Å². The zero-order valence-corrected chi connectivity index (χ0v) is 15.3. The second-order valence-electron chi connectivity index (χ2n) is 6.16. The molecule has 0 bridgehead atoms. The van der Waals surface area contributed by atoms with Crippen LogP contribution < -0.4 is 32.8 Å². The molecule has 2 aromatic rings. The van der Waals surface area contributed by atoms with E-state index >= 15 is 0 Å². The number of nitrogens with two attached hydrogens (primary N) is 2. The molecular weight excluding hydrogens is 397 g/mol. The summed E-state index contributed by atoms with van der Waals surface area (Å²) in [5.74, 6) is 0. The van der Waals surface area contributed by atoms with E-state index in [1.54, 1.807) is 18.2 Å². The standard InChI is InChI=1S/C16H19F3N6O2S/c17-16(18,19)12-5-4-11(10-3-1-2-9(8-10)6-7-20)13(14(12)28(21,26)27)15-22-24-25-23-15/h1-5,8,15,22-25H,6-7,20H2,(H2,21,26,27). The summed E-state index contributed by atoms with van der Waals surface area (Å²) in [7, 11) is -4.71. The molecule has 1 saturated heterocycles. The van der Waals surface area contributed by atoms with Gasteiger partial charge in [-0.05, 0) is 35.7 Å². The van der Waals surface area contributed by atoms with Crippen LogP contribution in [0, 0.1) is 0 Å². The number of hydrogen-bond donors (Lipinski definition) is 6. The van der Waals surface area contributed by atoms with E-state index in [-0.39, 0.29) is 11.1 Å². The van der Waals surface area contributed by atoms with E-state index in [0.29, 0.717) is 18.5 Å². The van der Waals surface area contributed by atoms with Gasteiger partial charge < -0.3 is 5.73 Å². The zero-order valence-electron chi connectivity index (χ0n) is 14.5. The van der Waals surface area contributed by atoms with Crippen molar-refractivity contribution in [2.75, 3.05) is 6.54 Å². The van der Waals surface area contributed by atoms with Crippen LogP contribution in [0.4, 0.5) is 13.2 Å². The second-order valence-corrected chi connectivity index (χ2v) is 7.66. The highest BCUT2D eigenvalue weighted by Gasteiger charge is 2.40. The summed E-state index contributed by atoms with van der Waals surface area (Å²) in [6, 6.07) is 8.94. The van der Waals surface area contributed by atoms with E-state index in [0.717, 1.165) is 11.6 Å². The predicted molar refractivity (Wildman–Crippen MR) is 96.3 cm³/mol. The topological polar surface area (TPSA) is 134 Å². The van der Waals surface area contributed by atoms with Crippen LogP contribution in [0.3, 0.4) is 0 Å². The molecule has 1 aliphatic heterocycles.